The third-order valence-electron chi connectivity index (χ3n) is 16.0. The van der Waals surface area contributed by atoms with Crippen molar-refractivity contribution in [2.75, 3.05) is 4.81 Å². The molecule has 5 heteroatoms. The Labute approximate surface area is 396 Å². The average Bonchev–Trinajstić information content (AvgIpc) is 4.00. The summed E-state index contributed by atoms with van der Waals surface area (Å²) in [6.07, 6.45) is 2.33. The quantitative estimate of drug-likeness (QED) is 0.165. The van der Waals surface area contributed by atoms with Crippen molar-refractivity contribution in [3.05, 3.63) is 174 Å². The molecule has 8 aromatic carbocycles. The maximum Gasteiger partial charge on any atom is 0.333 e. The number of fused-ring (bicyclic) bond motifs is 13. The standard InChI is InChI=1S/C62H51BN2OS/c1-60(2,3)38-22-24-39(25-23-38)65-51-34-48-47(61(4,5)28-29-62(48,6)7)30-43(51)41-26-27-42-44-33-55-45(40-20-14-15-21-54(40)67-55)31-50(44)64-52-32-46-53(35-49(52)63(65)57(41)58(42)64)66-59(37-18-12-9-13-19-37)56(46)36-16-10-8-11-17-36/h8-27,30-35H,28-29H2,1-7H3. The van der Waals surface area contributed by atoms with Crippen LogP contribution >= 0.6 is 11.3 Å². The van der Waals surface area contributed by atoms with E-state index in [9.17, 15) is 0 Å². The van der Waals surface area contributed by atoms with E-state index >= 15 is 0 Å². The van der Waals surface area contributed by atoms with Crippen molar-refractivity contribution in [2.24, 2.45) is 0 Å². The monoisotopic (exact) mass is 882 g/mol. The summed E-state index contributed by atoms with van der Waals surface area (Å²) in [6, 6.07) is 59.9. The summed E-state index contributed by atoms with van der Waals surface area (Å²) in [5, 5.41) is 6.35. The molecule has 0 saturated carbocycles. The molecule has 0 atom stereocenters. The van der Waals surface area contributed by atoms with Gasteiger partial charge >= 0.3 is 6.85 Å². The van der Waals surface area contributed by atoms with Gasteiger partial charge in [0.2, 0.25) is 0 Å². The molecule has 2 aliphatic heterocycles. The van der Waals surface area contributed by atoms with Gasteiger partial charge in [-0.3, -0.25) is 0 Å². The molecule has 0 saturated heterocycles. The second kappa shape index (κ2) is 13.4. The first-order chi connectivity index (χ1) is 32.3. The average molecular weight is 883 g/mol. The number of hydrogen-bond donors (Lipinski definition) is 0. The lowest BCUT2D eigenvalue weighted by molar-refractivity contribution is 0.332. The second-order valence-corrected chi connectivity index (χ2v) is 23.0. The maximum atomic E-state index is 7.23. The van der Waals surface area contributed by atoms with Gasteiger partial charge in [-0.25, -0.2) is 0 Å². The summed E-state index contributed by atoms with van der Waals surface area (Å²) in [5.74, 6) is 0.899. The number of furan rings is 1. The summed E-state index contributed by atoms with van der Waals surface area (Å²) in [5.41, 5.74) is 20.2. The second-order valence-electron chi connectivity index (χ2n) is 21.9. The normalized spacial score (nSPS) is 15.7. The number of anilines is 2. The summed E-state index contributed by atoms with van der Waals surface area (Å²) in [7, 11) is 0. The predicted molar refractivity (Wildman–Crippen MR) is 287 cm³/mol. The van der Waals surface area contributed by atoms with E-state index in [1.165, 1.54) is 104 Å². The molecule has 5 heterocycles. The number of hydrogen-bond acceptors (Lipinski definition) is 3. The molecule has 324 valence electrons. The van der Waals surface area contributed by atoms with Gasteiger partial charge in [0.05, 0.1) is 11.0 Å². The Bertz CT molecular complexity index is 3900. The SMILES string of the molecule is CC(C)(C)c1ccc(N2B3c4cc5oc(-c6ccccc6)c(-c6ccccc6)c5cc4-n4c5cc6c(cc5c5ccc(c3c54)-c3cc4c(cc32)C(C)(C)CCC4(C)C)sc2ccccc26)cc1. The molecule has 3 aliphatic rings. The van der Waals surface area contributed by atoms with Gasteiger partial charge in [-0.15, -0.1) is 11.3 Å². The minimum atomic E-state index is -0.131. The van der Waals surface area contributed by atoms with Gasteiger partial charge in [-0.1, -0.05) is 152 Å². The van der Waals surface area contributed by atoms with Crippen LogP contribution in [-0.4, -0.2) is 11.4 Å². The molecule has 0 fully saturated rings. The van der Waals surface area contributed by atoms with Crippen LogP contribution in [0.25, 0.3) is 92.2 Å². The molecular formula is C62H51BN2OS. The van der Waals surface area contributed by atoms with Crippen molar-refractivity contribution >= 4 is 93.4 Å². The first-order valence-corrected chi connectivity index (χ1v) is 24.9. The van der Waals surface area contributed by atoms with E-state index in [1.807, 2.05) is 11.3 Å². The Morgan fingerprint density at radius 1 is 0.567 bits per heavy atom. The lowest BCUT2D eigenvalue weighted by Gasteiger charge is -2.46. The van der Waals surface area contributed by atoms with Crippen molar-refractivity contribution in [3.63, 3.8) is 0 Å². The molecule has 1 aliphatic carbocycles. The highest BCUT2D eigenvalue weighted by Crippen LogP contribution is 2.53. The zero-order chi connectivity index (χ0) is 45.3. The molecule has 0 radical (unpaired) electrons. The Morgan fingerprint density at radius 3 is 1.99 bits per heavy atom. The molecule has 0 bridgehead atoms. The first-order valence-electron chi connectivity index (χ1n) is 24.1. The van der Waals surface area contributed by atoms with Gasteiger partial charge in [0, 0.05) is 70.1 Å². The van der Waals surface area contributed by atoms with E-state index in [2.05, 4.69) is 216 Å². The first kappa shape index (κ1) is 39.4. The van der Waals surface area contributed by atoms with Crippen LogP contribution in [0.1, 0.15) is 78.0 Å². The van der Waals surface area contributed by atoms with Crippen molar-refractivity contribution in [1.29, 1.82) is 0 Å². The number of benzene rings is 8. The van der Waals surface area contributed by atoms with Gasteiger partial charge in [-0.2, -0.15) is 0 Å². The van der Waals surface area contributed by atoms with E-state index in [-0.39, 0.29) is 23.1 Å². The van der Waals surface area contributed by atoms with E-state index in [4.69, 9.17) is 4.42 Å². The van der Waals surface area contributed by atoms with Gasteiger partial charge in [-0.05, 0) is 122 Å². The lowest BCUT2D eigenvalue weighted by Crippen LogP contribution is -2.60. The van der Waals surface area contributed by atoms with Crippen LogP contribution in [0.5, 0.6) is 0 Å². The van der Waals surface area contributed by atoms with Crippen molar-refractivity contribution in [1.82, 2.24) is 4.57 Å². The van der Waals surface area contributed by atoms with Gasteiger partial charge < -0.3 is 13.8 Å². The molecule has 0 amide bonds. The van der Waals surface area contributed by atoms with Crippen LogP contribution < -0.4 is 15.7 Å². The molecule has 0 spiro atoms. The Morgan fingerprint density at radius 2 is 1.25 bits per heavy atom. The van der Waals surface area contributed by atoms with Gasteiger partial charge in [0.25, 0.3) is 0 Å². The highest BCUT2D eigenvalue weighted by molar-refractivity contribution is 7.25. The van der Waals surface area contributed by atoms with Crippen molar-refractivity contribution in [3.8, 4) is 39.3 Å². The van der Waals surface area contributed by atoms with E-state index in [0.717, 1.165) is 39.8 Å². The third kappa shape index (κ3) is 5.47. The largest absolute Gasteiger partial charge is 0.455 e. The van der Waals surface area contributed by atoms with Gasteiger partial charge in [0.1, 0.15) is 11.3 Å². The molecule has 3 aromatic heterocycles. The Balaban J connectivity index is 1.16. The summed E-state index contributed by atoms with van der Waals surface area (Å²) in [4.78, 5) is 2.71. The minimum Gasteiger partial charge on any atom is -0.455 e. The summed E-state index contributed by atoms with van der Waals surface area (Å²) < 4.78 is 12.5. The highest BCUT2D eigenvalue weighted by Gasteiger charge is 2.47. The number of nitrogens with zero attached hydrogens (tertiary/aromatic N) is 2. The predicted octanol–water partition coefficient (Wildman–Crippen LogP) is 16.1. The Hall–Kier alpha value is -6.82. The number of aromatic nitrogens is 1. The Kier molecular flexibility index (Phi) is 7.88. The number of thiophene rings is 1. The lowest BCUT2D eigenvalue weighted by atomic mass is 9.43. The van der Waals surface area contributed by atoms with Crippen LogP contribution in [-0.2, 0) is 16.2 Å². The molecule has 3 nitrogen and oxygen atoms in total. The van der Waals surface area contributed by atoms with Crippen LogP contribution in [0.3, 0.4) is 0 Å². The molecular weight excluding hydrogens is 832 g/mol. The molecule has 11 aromatic rings. The zero-order valence-electron chi connectivity index (χ0n) is 39.2. The van der Waals surface area contributed by atoms with Gasteiger partial charge in [0.15, 0.2) is 0 Å². The molecule has 0 unspecified atom stereocenters. The van der Waals surface area contributed by atoms with E-state index in [0.29, 0.717) is 0 Å². The van der Waals surface area contributed by atoms with Crippen molar-refractivity contribution in [2.45, 2.75) is 77.6 Å². The molecule has 14 rings (SSSR count). The minimum absolute atomic E-state index is 0.0288. The maximum absolute atomic E-state index is 7.23. The topological polar surface area (TPSA) is 21.3 Å². The fourth-order valence-electron chi connectivity index (χ4n) is 12.3. The van der Waals surface area contributed by atoms with E-state index < -0.39 is 0 Å². The highest BCUT2D eigenvalue weighted by atomic mass is 32.1. The fraction of sp³-hybridized carbons (Fsp3) is 0.194. The fourth-order valence-corrected chi connectivity index (χ4v) is 13.5. The summed E-state index contributed by atoms with van der Waals surface area (Å²) in [6.45, 7) is 16.6. The van der Waals surface area contributed by atoms with Crippen LogP contribution in [0, 0.1) is 0 Å². The third-order valence-corrected chi connectivity index (χ3v) is 17.1. The van der Waals surface area contributed by atoms with Crippen molar-refractivity contribution < 1.29 is 4.42 Å². The van der Waals surface area contributed by atoms with Crippen LogP contribution in [0.4, 0.5) is 11.4 Å². The zero-order valence-corrected chi connectivity index (χ0v) is 40.0. The summed E-state index contributed by atoms with van der Waals surface area (Å²) >= 11 is 1.90. The molecule has 0 N–H and O–H groups in total. The smallest absolute Gasteiger partial charge is 0.333 e. The molecule has 67 heavy (non-hydrogen) atoms. The number of rotatable bonds is 3. The van der Waals surface area contributed by atoms with Crippen LogP contribution in [0.2, 0.25) is 0 Å². The van der Waals surface area contributed by atoms with E-state index in [1.54, 1.807) is 0 Å². The van der Waals surface area contributed by atoms with Crippen LogP contribution in [0.15, 0.2) is 162 Å².